The standard InChI is InChI=1S/C8H16N4S/c1-6(2)3-4-7(10-9)8-5-13-12-11-8/h5-7,10H,3-4,9H2,1-2H3. The Hall–Kier alpha value is -0.520. The number of rotatable bonds is 5. The highest BCUT2D eigenvalue weighted by Gasteiger charge is 2.12. The van der Waals surface area contributed by atoms with Crippen LogP contribution in [0.3, 0.4) is 0 Å². The fraction of sp³-hybridized carbons (Fsp3) is 0.750. The average Bonchev–Trinajstić information content (AvgIpc) is 2.58. The van der Waals surface area contributed by atoms with E-state index in [2.05, 4.69) is 28.9 Å². The van der Waals surface area contributed by atoms with Crippen LogP contribution in [0, 0.1) is 5.92 Å². The van der Waals surface area contributed by atoms with Crippen LogP contribution in [0.1, 0.15) is 38.4 Å². The number of nitrogens with one attached hydrogen (secondary N) is 1. The van der Waals surface area contributed by atoms with E-state index < -0.39 is 0 Å². The van der Waals surface area contributed by atoms with Crippen LogP contribution in [0.25, 0.3) is 0 Å². The summed E-state index contributed by atoms with van der Waals surface area (Å²) in [6.45, 7) is 4.40. The third-order valence-corrected chi connectivity index (χ3v) is 2.49. The summed E-state index contributed by atoms with van der Waals surface area (Å²) in [5.74, 6) is 6.13. The molecule has 0 bridgehead atoms. The summed E-state index contributed by atoms with van der Waals surface area (Å²) in [5.41, 5.74) is 3.72. The van der Waals surface area contributed by atoms with Crippen LogP contribution in [0.5, 0.6) is 0 Å². The lowest BCUT2D eigenvalue weighted by atomic mass is 10.0. The van der Waals surface area contributed by atoms with Crippen LogP contribution in [0.2, 0.25) is 0 Å². The Morgan fingerprint density at radius 2 is 2.31 bits per heavy atom. The predicted molar refractivity (Wildman–Crippen MR) is 54.0 cm³/mol. The maximum atomic E-state index is 5.44. The van der Waals surface area contributed by atoms with Gasteiger partial charge in [-0.2, -0.15) is 0 Å². The van der Waals surface area contributed by atoms with Crippen molar-refractivity contribution in [2.24, 2.45) is 11.8 Å². The minimum Gasteiger partial charge on any atom is -0.271 e. The fourth-order valence-electron chi connectivity index (χ4n) is 1.14. The number of hydrogen-bond acceptors (Lipinski definition) is 5. The lowest BCUT2D eigenvalue weighted by molar-refractivity contribution is 0.441. The van der Waals surface area contributed by atoms with Crippen molar-refractivity contribution in [3.8, 4) is 0 Å². The van der Waals surface area contributed by atoms with Gasteiger partial charge in [-0.15, -0.1) is 5.10 Å². The molecule has 0 aliphatic carbocycles. The van der Waals surface area contributed by atoms with Crippen molar-refractivity contribution < 1.29 is 0 Å². The van der Waals surface area contributed by atoms with Crippen molar-refractivity contribution in [1.82, 2.24) is 15.0 Å². The zero-order valence-electron chi connectivity index (χ0n) is 8.03. The van der Waals surface area contributed by atoms with E-state index in [1.807, 2.05) is 5.38 Å². The van der Waals surface area contributed by atoms with Crippen LogP contribution in [0.15, 0.2) is 5.38 Å². The minimum atomic E-state index is 0.154. The first-order valence-electron chi connectivity index (χ1n) is 4.47. The fourth-order valence-corrected chi connectivity index (χ4v) is 1.65. The van der Waals surface area contributed by atoms with E-state index in [0.717, 1.165) is 18.5 Å². The molecule has 0 amide bonds. The molecule has 1 unspecified atom stereocenters. The summed E-state index contributed by atoms with van der Waals surface area (Å²) < 4.78 is 3.81. The van der Waals surface area contributed by atoms with Gasteiger partial charge in [-0.3, -0.25) is 11.3 Å². The van der Waals surface area contributed by atoms with Crippen molar-refractivity contribution in [1.29, 1.82) is 0 Å². The highest BCUT2D eigenvalue weighted by atomic mass is 32.1. The molecule has 0 aliphatic heterocycles. The van der Waals surface area contributed by atoms with Crippen LogP contribution < -0.4 is 11.3 Å². The summed E-state index contributed by atoms with van der Waals surface area (Å²) in [4.78, 5) is 0. The molecule has 0 fully saturated rings. The van der Waals surface area contributed by atoms with Gasteiger partial charge in [-0.25, -0.2) is 0 Å². The van der Waals surface area contributed by atoms with Gasteiger partial charge < -0.3 is 0 Å². The van der Waals surface area contributed by atoms with E-state index in [1.54, 1.807) is 0 Å². The molecule has 74 valence electrons. The highest BCUT2D eigenvalue weighted by molar-refractivity contribution is 7.03. The second-order valence-corrected chi connectivity index (χ2v) is 4.13. The Morgan fingerprint density at radius 3 is 2.77 bits per heavy atom. The smallest absolute Gasteiger partial charge is 0.0938 e. The van der Waals surface area contributed by atoms with Crippen molar-refractivity contribution in [2.45, 2.75) is 32.7 Å². The molecule has 3 N–H and O–H groups in total. The second kappa shape index (κ2) is 5.26. The number of nitrogens with two attached hydrogens (primary N) is 1. The molecule has 1 rings (SSSR count). The van der Waals surface area contributed by atoms with E-state index in [9.17, 15) is 0 Å². The Morgan fingerprint density at radius 1 is 1.54 bits per heavy atom. The number of hydrogen-bond donors (Lipinski definition) is 2. The van der Waals surface area contributed by atoms with Crippen LogP contribution in [-0.4, -0.2) is 9.59 Å². The highest BCUT2D eigenvalue weighted by Crippen LogP contribution is 2.18. The molecule has 0 saturated heterocycles. The summed E-state index contributed by atoms with van der Waals surface area (Å²) in [6, 6.07) is 0.154. The van der Waals surface area contributed by atoms with Gasteiger partial charge in [0.2, 0.25) is 0 Å². The minimum absolute atomic E-state index is 0.154. The van der Waals surface area contributed by atoms with Crippen LogP contribution in [0.4, 0.5) is 0 Å². The lowest BCUT2D eigenvalue weighted by Crippen LogP contribution is -2.28. The molecule has 1 aromatic heterocycles. The van der Waals surface area contributed by atoms with E-state index >= 15 is 0 Å². The molecule has 1 heterocycles. The topological polar surface area (TPSA) is 63.8 Å². The summed E-state index contributed by atoms with van der Waals surface area (Å²) in [7, 11) is 0. The molecular weight excluding hydrogens is 184 g/mol. The maximum absolute atomic E-state index is 5.44. The predicted octanol–water partition coefficient (Wildman–Crippen LogP) is 1.48. The number of hydrazine groups is 1. The van der Waals surface area contributed by atoms with Gasteiger partial charge in [0.1, 0.15) is 0 Å². The third-order valence-electron chi connectivity index (χ3n) is 1.97. The van der Waals surface area contributed by atoms with Crippen molar-refractivity contribution >= 4 is 11.5 Å². The molecule has 0 aliphatic rings. The average molecular weight is 200 g/mol. The first kappa shape index (κ1) is 10.6. The van der Waals surface area contributed by atoms with Crippen LogP contribution >= 0.6 is 11.5 Å². The van der Waals surface area contributed by atoms with Gasteiger partial charge in [0, 0.05) is 5.38 Å². The van der Waals surface area contributed by atoms with E-state index in [1.165, 1.54) is 11.5 Å². The quantitative estimate of drug-likeness (QED) is 0.558. The molecule has 0 saturated carbocycles. The molecular formula is C8H16N4S. The molecule has 0 aromatic carbocycles. The van der Waals surface area contributed by atoms with Gasteiger partial charge in [-0.05, 0) is 30.3 Å². The van der Waals surface area contributed by atoms with Crippen LogP contribution in [-0.2, 0) is 0 Å². The normalized spacial score (nSPS) is 13.5. The summed E-state index contributed by atoms with van der Waals surface area (Å²) >= 11 is 1.36. The molecule has 0 radical (unpaired) electrons. The zero-order valence-corrected chi connectivity index (χ0v) is 8.84. The summed E-state index contributed by atoms with van der Waals surface area (Å²) in [5, 5.41) is 5.93. The SMILES string of the molecule is CC(C)CCC(NN)c1csnn1. The maximum Gasteiger partial charge on any atom is 0.0938 e. The Labute approximate surface area is 82.7 Å². The van der Waals surface area contributed by atoms with E-state index in [0.29, 0.717) is 5.92 Å². The Balaban J connectivity index is 2.44. The van der Waals surface area contributed by atoms with Crippen molar-refractivity contribution in [2.75, 3.05) is 0 Å². The second-order valence-electron chi connectivity index (χ2n) is 3.52. The molecule has 1 aromatic rings. The van der Waals surface area contributed by atoms with E-state index in [4.69, 9.17) is 5.84 Å². The number of nitrogens with zero attached hydrogens (tertiary/aromatic N) is 2. The first-order valence-corrected chi connectivity index (χ1v) is 5.30. The Kier molecular flexibility index (Phi) is 4.27. The Bertz CT molecular complexity index is 222. The monoisotopic (exact) mass is 200 g/mol. The zero-order chi connectivity index (χ0) is 9.68. The van der Waals surface area contributed by atoms with Gasteiger partial charge in [0.05, 0.1) is 11.7 Å². The van der Waals surface area contributed by atoms with Crippen molar-refractivity contribution in [3.63, 3.8) is 0 Å². The van der Waals surface area contributed by atoms with Gasteiger partial charge >= 0.3 is 0 Å². The lowest BCUT2D eigenvalue weighted by Gasteiger charge is -2.13. The molecule has 5 heteroatoms. The molecule has 4 nitrogen and oxygen atoms in total. The largest absolute Gasteiger partial charge is 0.271 e. The third kappa shape index (κ3) is 3.38. The molecule has 13 heavy (non-hydrogen) atoms. The first-order chi connectivity index (χ1) is 6.24. The van der Waals surface area contributed by atoms with Gasteiger partial charge in [-0.1, -0.05) is 18.3 Å². The summed E-state index contributed by atoms with van der Waals surface area (Å²) in [6.07, 6.45) is 2.16. The van der Waals surface area contributed by atoms with E-state index in [-0.39, 0.29) is 6.04 Å². The molecule has 1 atom stereocenters. The van der Waals surface area contributed by atoms with Crippen molar-refractivity contribution in [3.05, 3.63) is 11.1 Å². The van der Waals surface area contributed by atoms with Gasteiger partial charge in [0.25, 0.3) is 0 Å². The molecule has 0 spiro atoms. The van der Waals surface area contributed by atoms with Gasteiger partial charge in [0.15, 0.2) is 0 Å². The number of aromatic nitrogens is 2.